The van der Waals surface area contributed by atoms with Crippen molar-refractivity contribution < 1.29 is 9.59 Å². The molecule has 0 saturated heterocycles. The monoisotopic (exact) mass is 364 g/mol. The van der Waals surface area contributed by atoms with Gasteiger partial charge in [-0.3, -0.25) is 9.59 Å². The Morgan fingerprint density at radius 1 is 0.536 bits per heavy atom. The van der Waals surface area contributed by atoms with Gasteiger partial charge in [0.05, 0.1) is 0 Å². The first kappa shape index (κ1) is 17.9. The van der Waals surface area contributed by atoms with E-state index in [1.54, 1.807) is 0 Å². The fraction of sp³-hybridized carbons (Fsp3) is 0.0769. The van der Waals surface area contributed by atoms with Crippen molar-refractivity contribution in [3.8, 4) is 0 Å². The lowest BCUT2D eigenvalue weighted by Gasteiger charge is -2.15. The van der Waals surface area contributed by atoms with Crippen LogP contribution in [0.2, 0.25) is 0 Å². The lowest BCUT2D eigenvalue weighted by Crippen LogP contribution is -2.10. The van der Waals surface area contributed by atoms with Crippen LogP contribution in [0.15, 0.2) is 84.9 Å². The number of hydrogen-bond donors (Lipinski definition) is 0. The van der Waals surface area contributed by atoms with E-state index in [0.29, 0.717) is 22.3 Å². The van der Waals surface area contributed by atoms with Crippen LogP contribution < -0.4 is 0 Å². The molecule has 0 aliphatic rings. The van der Waals surface area contributed by atoms with Gasteiger partial charge in [-0.25, -0.2) is 0 Å². The number of fused-ring (bicyclic) bond motifs is 1. The van der Waals surface area contributed by atoms with Crippen molar-refractivity contribution in [3.63, 3.8) is 0 Å². The maximum Gasteiger partial charge on any atom is 0.193 e. The van der Waals surface area contributed by atoms with Crippen LogP contribution in [0, 0.1) is 13.8 Å². The maximum absolute atomic E-state index is 13.4. The number of benzene rings is 4. The number of hydrogen-bond acceptors (Lipinski definition) is 2. The van der Waals surface area contributed by atoms with Gasteiger partial charge in [-0.2, -0.15) is 0 Å². The molecule has 4 aromatic carbocycles. The van der Waals surface area contributed by atoms with Crippen LogP contribution in [0.25, 0.3) is 10.8 Å². The second-order valence-electron chi connectivity index (χ2n) is 7.00. The van der Waals surface area contributed by atoms with E-state index in [9.17, 15) is 9.59 Å². The third-order valence-electron chi connectivity index (χ3n) is 5.13. The van der Waals surface area contributed by atoms with Crippen molar-refractivity contribution in [3.05, 3.63) is 118 Å². The van der Waals surface area contributed by atoms with Crippen molar-refractivity contribution in [2.24, 2.45) is 0 Å². The second kappa shape index (κ2) is 7.24. The minimum absolute atomic E-state index is 0.0589. The smallest absolute Gasteiger partial charge is 0.193 e. The van der Waals surface area contributed by atoms with Crippen LogP contribution in [0.3, 0.4) is 0 Å². The molecule has 136 valence electrons. The van der Waals surface area contributed by atoms with Gasteiger partial charge in [0.25, 0.3) is 0 Å². The molecule has 0 bridgehead atoms. The highest BCUT2D eigenvalue weighted by Crippen LogP contribution is 2.31. The zero-order valence-corrected chi connectivity index (χ0v) is 15.9. The Kier molecular flexibility index (Phi) is 4.62. The Labute approximate surface area is 164 Å². The average Bonchev–Trinajstić information content (AvgIpc) is 2.74. The first-order valence-electron chi connectivity index (χ1n) is 9.30. The molecule has 0 amide bonds. The van der Waals surface area contributed by atoms with Crippen LogP contribution in [0.1, 0.15) is 43.0 Å². The molecule has 0 fully saturated rings. The molecule has 4 rings (SSSR count). The van der Waals surface area contributed by atoms with E-state index in [1.165, 1.54) is 0 Å². The van der Waals surface area contributed by atoms with Crippen molar-refractivity contribution in [1.29, 1.82) is 0 Å². The zero-order chi connectivity index (χ0) is 19.7. The fourth-order valence-electron chi connectivity index (χ4n) is 3.68. The molecule has 0 saturated carbocycles. The first-order chi connectivity index (χ1) is 13.6. The number of rotatable bonds is 4. The molecular weight excluding hydrogens is 344 g/mol. The third kappa shape index (κ3) is 3.03. The highest BCUT2D eigenvalue weighted by Gasteiger charge is 2.22. The summed E-state index contributed by atoms with van der Waals surface area (Å²) in [7, 11) is 0. The van der Waals surface area contributed by atoms with Crippen LogP contribution in [-0.4, -0.2) is 11.6 Å². The Hall–Kier alpha value is -3.52. The van der Waals surface area contributed by atoms with Gasteiger partial charge in [-0.1, -0.05) is 84.9 Å². The van der Waals surface area contributed by atoms with Gasteiger partial charge in [-0.05, 0) is 30.4 Å². The minimum Gasteiger partial charge on any atom is -0.289 e. The standard InChI is InChI=1S/C26H20O2/c1-17-13-15-19-16-14-18(2)23(26(28)21-11-7-4-8-12-21)24(19)22(17)25(27)20-9-5-3-6-10-20/h3-16H,1-2H3. The SMILES string of the molecule is Cc1ccc2ccc(C)c(C(=O)c3ccccc3)c2c1C(=O)c1ccccc1. The van der Waals surface area contributed by atoms with Gasteiger partial charge < -0.3 is 0 Å². The second-order valence-corrected chi connectivity index (χ2v) is 7.00. The molecule has 0 N–H and O–H groups in total. The molecule has 2 heteroatoms. The first-order valence-corrected chi connectivity index (χ1v) is 9.30. The molecule has 2 nitrogen and oxygen atoms in total. The van der Waals surface area contributed by atoms with E-state index in [1.807, 2.05) is 98.8 Å². The molecule has 0 atom stereocenters. The molecule has 4 aromatic rings. The molecule has 0 radical (unpaired) electrons. The topological polar surface area (TPSA) is 34.1 Å². The molecule has 28 heavy (non-hydrogen) atoms. The lowest BCUT2D eigenvalue weighted by molar-refractivity contribution is 0.103. The van der Waals surface area contributed by atoms with Crippen molar-refractivity contribution in [1.82, 2.24) is 0 Å². The Bertz CT molecular complexity index is 1100. The van der Waals surface area contributed by atoms with E-state index in [-0.39, 0.29) is 11.6 Å². The predicted octanol–water partition coefficient (Wildman–Crippen LogP) is 5.92. The molecule has 0 aromatic heterocycles. The molecule has 0 aliphatic heterocycles. The van der Waals surface area contributed by atoms with Gasteiger partial charge in [0.1, 0.15) is 0 Å². The van der Waals surface area contributed by atoms with Crippen molar-refractivity contribution >= 4 is 22.3 Å². The Balaban J connectivity index is 2.04. The summed E-state index contributed by atoms with van der Waals surface area (Å²) in [4.78, 5) is 26.8. The summed E-state index contributed by atoms with van der Waals surface area (Å²) >= 11 is 0. The molecule has 0 aliphatic carbocycles. The van der Waals surface area contributed by atoms with Crippen LogP contribution >= 0.6 is 0 Å². The fourth-order valence-corrected chi connectivity index (χ4v) is 3.68. The Morgan fingerprint density at radius 2 is 0.929 bits per heavy atom. The van der Waals surface area contributed by atoms with Gasteiger partial charge in [-0.15, -0.1) is 0 Å². The number of ketones is 2. The van der Waals surface area contributed by atoms with Crippen LogP contribution in [0.4, 0.5) is 0 Å². The molecular formula is C26H20O2. The van der Waals surface area contributed by atoms with E-state index in [4.69, 9.17) is 0 Å². The molecule has 0 spiro atoms. The average molecular weight is 364 g/mol. The van der Waals surface area contributed by atoms with Crippen molar-refractivity contribution in [2.45, 2.75) is 13.8 Å². The highest BCUT2D eigenvalue weighted by atomic mass is 16.1. The van der Waals surface area contributed by atoms with E-state index in [2.05, 4.69) is 0 Å². The van der Waals surface area contributed by atoms with E-state index >= 15 is 0 Å². The lowest BCUT2D eigenvalue weighted by atomic mass is 9.86. The number of aryl methyl sites for hydroxylation is 2. The van der Waals surface area contributed by atoms with Gasteiger partial charge in [0.2, 0.25) is 0 Å². The van der Waals surface area contributed by atoms with Crippen LogP contribution in [0.5, 0.6) is 0 Å². The summed E-state index contributed by atoms with van der Waals surface area (Å²) in [6.07, 6.45) is 0. The molecule has 0 unspecified atom stereocenters. The predicted molar refractivity (Wildman–Crippen MR) is 113 cm³/mol. The van der Waals surface area contributed by atoms with Crippen LogP contribution in [-0.2, 0) is 0 Å². The van der Waals surface area contributed by atoms with Gasteiger partial charge >= 0.3 is 0 Å². The summed E-state index contributed by atoms with van der Waals surface area (Å²) in [6, 6.07) is 26.3. The van der Waals surface area contributed by atoms with Crippen molar-refractivity contribution in [2.75, 3.05) is 0 Å². The number of carbonyl (C=O) groups is 2. The highest BCUT2D eigenvalue weighted by molar-refractivity contribution is 6.25. The van der Waals surface area contributed by atoms with Gasteiger partial charge in [0, 0.05) is 27.6 Å². The van der Waals surface area contributed by atoms with E-state index in [0.717, 1.165) is 21.9 Å². The molecule has 0 heterocycles. The van der Waals surface area contributed by atoms with E-state index < -0.39 is 0 Å². The summed E-state index contributed by atoms with van der Waals surface area (Å²) < 4.78 is 0. The Morgan fingerprint density at radius 3 is 1.32 bits per heavy atom. The third-order valence-corrected chi connectivity index (χ3v) is 5.13. The summed E-state index contributed by atoms with van der Waals surface area (Å²) in [5.41, 5.74) is 4.19. The normalized spacial score (nSPS) is 10.8. The largest absolute Gasteiger partial charge is 0.289 e. The zero-order valence-electron chi connectivity index (χ0n) is 15.9. The summed E-state index contributed by atoms with van der Waals surface area (Å²) in [5.74, 6) is -0.118. The van der Waals surface area contributed by atoms with Gasteiger partial charge in [0.15, 0.2) is 11.6 Å². The minimum atomic E-state index is -0.0589. The summed E-state index contributed by atoms with van der Waals surface area (Å²) in [6.45, 7) is 3.85. The quantitative estimate of drug-likeness (QED) is 0.421. The number of carbonyl (C=O) groups excluding carboxylic acids is 2. The summed E-state index contributed by atoms with van der Waals surface area (Å²) in [5, 5.41) is 1.64. The maximum atomic E-state index is 13.4.